The van der Waals surface area contributed by atoms with Gasteiger partial charge in [0.25, 0.3) is 0 Å². The first-order valence-electron chi connectivity index (χ1n) is 4.51. The van der Waals surface area contributed by atoms with Crippen LogP contribution in [0.5, 0.6) is 0 Å². The fourth-order valence-electron chi connectivity index (χ4n) is 1.24. The molecule has 0 unspecified atom stereocenters. The summed E-state index contributed by atoms with van der Waals surface area (Å²) in [6.45, 7) is 5.54. The monoisotopic (exact) mass is 174 g/mol. The van der Waals surface area contributed by atoms with Crippen molar-refractivity contribution in [2.24, 2.45) is 0 Å². The number of Topliss-reactive ketones (excluding diaryl/α,β-unsaturated/α-hetero) is 1. The van der Waals surface area contributed by atoms with E-state index in [1.165, 1.54) is 0 Å². The van der Waals surface area contributed by atoms with Crippen molar-refractivity contribution in [3.8, 4) is 0 Å². The summed E-state index contributed by atoms with van der Waals surface area (Å²) in [5.41, 5.74) is 1.95. The third-order valence-electron chi connectivity index (χ3n) is 1.95. The van der Waals surface area contributed by atoms with Crippen LogP contribution in [0.15, 0.2) is 36.9 Å². The van der Waals surface area contributed by atoms with Crippen LogP contribution in [-0.4, -0.2) is 5.78 Å². The lowest BCUT2D eigenvalue weighted by Gasteiger charge is -2.00. The first kappa shape index (κ1) is 9.72. The van der Waals surface area contributed by atoms with Crippen molar-refractivity contribution >= 4 is 5.78 Å². The number of ketones is 1. The average Bonchev–Trinajstić information content (AvgIpc) is 2.18. The Hall–Kier alpha value is -1.37. The largest absolute Gasteiger partial charge is 0.294 e. The SMILES string of the molecule is C=CCc1cccc(C(=O)CC)c1. The molecule has 0 saturated carbocycles. The minimum atomic E-state index is 0.200. The van der Waals surface area contributed by atoms with Crippen LogP contribution in [0.4, 0.5) is 0 Å². The molecule has 0 aromatic heterocycles. The van der Waals surface area contributed by atoms with E-state index in [4.69, 9.17) is 0 Å². The van der Waals surface area contributed by atoms with Gasteiger partial charge in [-0.1, -0.05) is 31.2 Å². The van der Waals surface area contributed by atoms with Gasteiger partial charge in [-0.15, -0.1) is 6.58 Å². The molecule has 0 atom stereocenters. The average molecular weight is 174 g/mol. The molecule has 1 rings (SSSR count). The molecule has 0 aliphatic heterocycles. The summed E-state index contributed by atoms with van der Waals surface area (Å²) in [5, 5.41) is 0. The smallest absolute Gasteiger partial charge is 0.162 e. The maximum absolute atomic E-state index is 11.3. The predicted octanol–water partition coefficient (Wildman–Crippen LogP) is 3.01. The number of hydrogen-bond donors (Lipinski definition) is 0. The third kappa shape index (κ3) is 2.55. The molecule has 0 radical (unpaired) electrons. The number of rotatable bonds is 4. The minimum Gasteiger partial charge on any atom is -0.294 e. The molecule has 1 heteroatoms. The van der Waals surface area contributed by atoms with E-state index in [2.05, 4.69) is 6.58 Å². The van der Waals surface area contributed by atoms with E-state index in [9.17, 15) is 4.79 Å². The van der Waals surface area contributed by atoms with Crippen LogP contribution in [0.3, 0.4) is 0 Å². The molecule has 1 aromatic carbocycles. The van der Waals surface area contributed by atoms with Gasteiger partial charge in [-0.25, -0.2) is 0 Å². The molecule has 0 aliphatic carbocycles. The van der Waals surface area contributed by atoms with Gasteiger partial charge in [-0.05, 0) is 18.1 Å². The van der Waals surface area contributed by atoms with Crippen molar-refractivity contribution in [2.75, 3.05) is 0 Å². The molecule has 0 fully saturated rings. The molecule has 0 aliphatic rings. The highest BCUT2D eigenvalue weighted by Gasteiger charge is 2.02. The van der Waals surface area contributed by atoms with Crippen molar-refractivity contribution in [3.05, 3.63) is 48.0 Å². The zero-order valence-electron chi connectivity index (χ0n) is 7.92. The fraction of sp³-hybridized carbons (Fsp3) is 0.250. The molecule has 0 spiro atoms. The number of allylic oxidation sites excluding steroid dienone is 1. The summed E-state index contributed by atoms with van der Waals surface area (Å²) in [4.78, 5) is 11.3. The van der Waals surface area contributed by atoms with Gasteiger partial charge in [-0.3, -0.25) is 4.79 Å². The third-order valence-corrected chi connectivity index (χ3v) is 1.95. The predicted molar refractivity (Wildman–Crippen MR) is 55.0 cm³/mol. The topological polar surface area (TPSA) is 17.1 Å². The molecule has 0 saturated heterocycles. The lowest BCUT2D eigenvalue weighted by Crippen LogP contribution is -1.96. The number of benzene rings is 1. The van der Waals surface area contributed by atoms with Crippen LogP contribution >= 0.6 is 0 Å². The molecule has 1 aromatic rings. The van der Waals surface area contributed by atoms with Crippen molar-refractivity contribution in [1.29, 1.82) is 0 Å². The van der Waals surface area contributed by atoms with Crippen molar-refractivity contribution in [1.82, 2.24) is 0 Å². The molecule has 0 bridgehead atoms. The molecular formula is C12H14O. The molecule has 0 heterocycles. The quantitative estimate of drug-likeness (QED) is 0.506. The lowest BCUT2D eigenvalue weighted by atomic mass is 10.0. The van der Waals surface area contributed by atoms with Crippen LogP contribution < -0.4 is 0 Å². The van der Waals surface area contributed by atoms with Gasteiger partial charge in [0, 0.05) is 12.0 Å². The van der Waals surface area contributed by atoms with E-state index in [0.717, 1.165) is 17.5 Å². The summed E-state index contributed by atoms with van der Waals surface area (Å²) in [6, 6.07) is 7.72. The molecule has 1 nitrogen and oxygen atoms in total. The molecule has 0 N–H and O–H groups in total. The second kappa shape index (κ2) is 4.61. The second-order valence-corrected chi connectivity index (χ2v) is 2.97. The van der Waals surface area contributed by atoms with Crippen LogP contribution in [0, 0.1) is 0 Å². The summed E-state index contributed by atoms with van der Waals surface area (Å²) in [5.74, 6) is 0.200. The Morgan fingerprint density at radius 3 is 2.92 bits per heavy atom. The van der Waals surface area contributed by atoms with Crippen LogP contribution in [0.25, 0.3) is 0 Å². The summed E-state index contributed by atoms with van der Waals surface area (Å²) < 4.78 is 0. The van der Waals surface area contributed by atoms with Crippen molar-refractivity contribution < 1.29 is 4.79 Å². The second-order valence-electron chi connectivity index (χ2n) is 2.97. The molecule has 68 valence electrons. The van der Waals surface area contributed by atoms with Crippen molar-refractivity contribution in [3.63, 3.8) is 0 Å². The zero-order chi connectivity index (χ0) is 9.68. The Morgan fingerprint density at radius 2 is 2.31 bits per heavy atom. The van der Waals surface area contributed by atoms with Gasteiger partial charge < -0.3 is 0 Å². The Bertz CT molecular complexity index is 313. The molecule has 13 heavy (non-hydrogen) atoms. The van der Waals surface area contributed by atoms with Gasteiger partial charge in [0.05, 0.1) is 0 Å². The number of hydrogen-bond acceptors (Lipinski definition) is 1. The molecular weight excluding hydrogens is 160 g/mol. The minimum absolute atomic E-state index is 0.200. The van der Waals surface area contributed by atoms with Gasteiger partial charge >= 0.3 is 0 Å². The van der Waals surface area contributed by atoms with E-state index in [1.807, 2.05) is 37.3 Å². The number of carbonyl (C=O) groups is 1. The first-order valence-corrected chi connectivity index (χ1v) is 4.51. The Balaban J connectivity index is 2.90. The summed E-state index contributed by atoms with van der Waals surface area (Å²) in [6.07, 6.45) is 3.23. The van der Waals surface area contributed by atoms with E-state index < -0.39 is 0 Å². The van der Waals surface area contributed by atoms with Crippen LogP contribution in [0.2, 0.25) is 0 Å². The van der Waals surface area contributed by atoms with Gasteiger partial charge in [0.2, 0.25) is 0 Å². The van der Waals surface area contributed by atoms with E-state index in [1.54, 1.807) is 0 Å². The van der Waals surface area contributed by atoms with Crippen LogP contribution in [0.1, 0.15) is 29.3 Å². The van der Waals surface area contributed by atoms with Gasteiger partial charge in [0.15, 0.2) is 5.78 Å². The fourth-order valence-corrected chi connectivity index (χ4v) is 1.24. The standard InChI is InChI=1S/C12H14O/c1-3-6-10-7-5-8-11(9-10)12(13)4-2/h3,5,7-9H,1,4,6H2,2H3. The highest BCUT2D eigenvalue weighted by molar-refractivity contribution is 5.95. The highest BCUT2D eigenvalue weighted by atomic mass is 16.1. The lowest BCUT2D eigenvalue weighted by molar-refractivity contribution is 0.0988. The van der Waals surface area contributed by atoms with Crippen LogP contribution in [-0.2, 0) is 6.42 Å². The Morgan fingerprint density at radius 1 is 1.54 bits per heavy atom. The van der Waals surface area contributed by atoms with E-state index in [-0.39, 0.29) is 5.78 Å². The van der Waals surface area contributed by atoms with E-state index in [0.29, 0.717) is 6.42 Å². The normalized spacial score (nSPS) is 9.62. The summed E-state index contributed by atoms with van der Waals surface area (Å²) >= 11 is 0. The maximum atomic E-state index is 11.3. The summed E-state index contributed by atoms with van der Waals surface area (Å²) in [7, 11) is 0. The Kier molecular flexibility index (Phi) is 3.44. The van der Waals surface area contributed by atoms with Crippen molar-refractivity contribution in [2.45, 2.75) is 19.8 Å². The Labute approximate surface area is 79.1 Å². The van der Waals surface area contributed by atoms with Gasteiger partial charge in [-0.2, -0.15) is 0 Å². The number of carbonyl (C=O) groups excluding carboxylic acids is 1. The maximum Gasteiger partial charge on any atom is 0.162 e. The van der Waals surface area contributed by atoms with Gasteiger partial charge in [0.1, 0.15) is 0 Å². The van der Waals surface area contributed by atoms with E-state index >= 15 is 0 Å². The first-order chi connectivity index (χ1) is 6.27. The molecule has 0 amide bonds. The highest BCUT2D eigenvalue weighted by Crippen LogP contribution is 2.08. The zero-order valence-corrected chi connectivity index (χ0v) is 7.92.